The highest BCUT2D eigenvalue weighted by Gasteiger charge is 2.34. The first kappa shape index (κ1) is 24.1. The lowest BCUT2D eigenvalue weighted by Crippen LogP contribution is -2.30. The van der Waals surface area contributed by atoms with Crippen molar-refractivity contribution < 1.29 is 28.6 Å². The number of ether oxygens (including phenoxy) is 3. The quantitative estimate of drug-likeness (QED) is 0.233. The lowest BCUT2D eigenvalue weighted by atomic mass is 9.89. The maximum absolute atomic E-state index is 12.9. The highest BCUT2D eigenvalue weighted by atomic mass is 16.6. The topological polar surface area (TPSA) is 123 Å². The Bertz CT molecular complexity index is 1150. The molecule has 0 saturated heterocycles. The Morgan fingerprint density at radius 1 is 1.30 bits per heavy atom. The minimum absolute atomic E-state index is 0.116. The third-order valence-electron chi connectivity index (χ3n) is 5.17. The van der Waals surface area contributed by atoms with Crippen LogP contribution in [0.2, 0.25) is 0 Å². The van der Waals surface area contributed by atoms with Crippen LogP contribution in [0.3, 0.4) is 0 Å². The number of ketones is 1. The van der Waals surface area contributed by atoms with Crippen LogP contribution in [0.1, 0.15) is 54.2 Å². The third kappa shape index (κ3) is 5.10. The average molecular weight is 453 g/mol. The number of carbonyl (C=O) groups is 2. The second-order valence-electron chi connectivity index (χ2n) is 8.69. The maximum Gasteiger partial charge on any atom is 0.339 e. The lowest BCUT2D eigenvalue weighted by molar-refractivity contribution is -0.164. The van der Waals surface area contributed by atoms with Gasteiger partial charge in [-0.25, -0.2) is 9.78 Å². The summed E-state index contributed by atoms with van der Waals surface area (Å²) < 4.78 is 16.9. The molecular formula is C24H28N4O5. The van der Waals surface area contributed by atoms with E-state index in [1.54, 1.807) is 13.8 Å². The summed E-state index contributed by atoms with van der Waals surface area (Å²) in [5.41, 5.74) is 11.9. The molecule has 3 rings (SSSR count). The highest BCUT2D eigenvalue weighted by molar-refractivity contribution is 6.33. The van der Waals surface area contributed by atoms with E-state index in [9.17, 15) is 9.59 Å². The fourth-order valence-corrected chi connectivity index (χ4v) is 3.84. The Morgan fingerprint density at radius 2 is 2.03 bits per heavy atom. The van der Waals surface area contributed by atoms with E-state index in [1.165, 1.54) is 7.11 Å². The minimum atomic E-state index is -1.08. The average Bonchev–Trinajstić information content (AvgIpc) is 2.77. The number of benzene rings is 1. The molecule has 0 bridgehead atoms. The van der Waals surface area contributed by atoms with Gasteiger partial charge in [-0.15, -0.1) is 0 Å². The number of aryl methyl sites for hydroxylation is 1. The predicted molar refractivity (Wildman–Crippen MR) is 123 cm³/mol. The van der Waals surface area contributed by atoms with E-state index < -0.39 is 23.5 Å². The van der Waals surface area contributed by atoms with Crippen molar-refractivity contribution in [3.05, 3.63) is 46.2 Å². The standard InChI is InChI=1S/C24H28N4O5/c1-13-19(15-7-8-18-16(11-15)26-9-10-32-18)20(14(2)28-21(13)17(29)12-27-25)22(23(30)31-6)33-24(3,4)5/h7-8,11-12,22,26H,9-10H2,1-6H3/t22-/m0/s1. The lowest BCUT2D eigenvalue weighted by Gasteiger charge is -2.29. The zero-order chi connectivity index (χ0) is 24.3. The van der Waals surface area contributed by atoms with Gasteiger partial charge in [0.05, 0.1) is 18.4 Å². The summed E-state index contributed by atoms with van der Waals surface area (Å²) in [5.74, 6) is -0.420. The van der Waals surface area contributed by atoms with E-state index in [4.69, 9.17) is 19.7 Å². The van der Waals surface area contributed by atoms with Gasteiger partial charge in [0.25, 0.3) is 5.78 Å². The van der Waals surface area contributed by atoms with Crippen LogP contribution in [-0.4, -0.2) is 53.6 Å². The predicted octanol–water partition coefficient (Wildman–Crippen LogP) is 3.68. The van der Waals surface area contributed by atoms with Crippen LogP contribution >= 0.6 is 0 Å². The molecule has 1 aliphatic rings. The molecule has 9 heteroatoms. The normalized spacial score (nSPS) is 13.6. The summed E-state index contributed by atoms with van der Waals surface area (Å²) in [6.45, 7) is 10.2. The van der Waals surface area contributed by atoms with Gasteiger partial charge in [0.15, 0.2) is 6.10 Å². The van der Waals surface area contributed by atoms with Crippen molar-refractivity contribution >= 4 is 23.7 Å². The third-order valence-corrected chi connectivity index (χ3v) is 5.17. The van der Waals surface area contributed by atoms with Crippen molar-refractivity contribution in [2.24, 2.45) is 0 Å². The van der Waals surface area contributed by atoms with Gasteiger partial charge in [0, 0.05) is 17.8 Å². The number of rotatable bonds is 6. The van der Waals surface area contributed by atoms with Crippen molar-refractivity contribution in [1.29, 1.82) is 0 Å². The Hall–Kier alpha value is -3.55. The Kier molecular flexibility index (Phi) is 6.95. The van der Waals surface area contributed by atoms with E-state index in [-0.39, 0.29) is 5.69 Å². The fourth-order valence-electron chi connectivity index (χ4n) is 3.84. The Labute approximate surface area is 192 Å². The number of anilines is 1. The molecule has 2 heterocycles. The summed E-state index contributed by atoms with van der Waals surface area (Å²) in [7, 11) is 1.30. The molecule has 0 unspecified atom stereocenters. The van der Waals surface area contributed by atoms with E-state index >= 15 is 0 Å². The van der Waals surface area contributed by atoms with Crippen molar-refractivity contribution in [2.45, 2.75) is 46.3 Å². The molecule has 1 aromatic carbocycles. The number of hydrogen-bond acceptors (Lipinski definition) is 7. The van der Waals surface area contributed by atoms with E-state index in [0.29, 0.717) is 41.3 Å². The minimum Gasteiger partial charge on any atom is -0.490 e. The number of Topliss-reactive ketones (excluding diaryl/α,β-unsaturated/α-hetero) is 1. The summed E-state index contributed by atoms with van der Waals surface area (Å²) in [6.07, 6.45) is -0.281. The first-order chi connectivity index (χ1) is 15.6. The second kappa shape index (κ2) is 9.52. The summed E-state index contributed by atoms with van der Waals surface area (Å²) >= 11 is 0. The van der Waals surface area contributed by atoms with Crippen LogP contribution in [0.5, 0.6) is 5.75 Å². The van der Waals surface area contributed by atoms with E-state index in [2.05, 4.69) is 15.1 Å². The summed E-state index contributed by atoms with van der Waals surface area (Å²) in [5, 5.41) is 3.30. The van der Waals surface area contributed by atoms with Crippen LogP contribution in [0.4, 0.5) is 5.69 Å². The molecule has 0 fully saturated rings. The zero-order valence-corrected chi connectivity index (χ0v) is 19.7. The summed E-state index contributed by atoms with van der Waals surface area (Å²) in [6, 6.07) is 5.60. The molecule has 1 aliphatic heterocycles. The molecule has 1 atom stereocenters. The van der Waals surface area contributed by atoms with Crippen molar-refractivity contribution in [3.63, 3.8) is 0 Å². The Balaban J connectivity index is 2.35. The molecule has 174 valence electrons. The number of fused-ring (bicyclic) bond motifs is 1. The van der Waals surface area contributed by atoms with Gasteiger partial charge in [-0.1, -0.05) is 6.07 Å². The first-order valence-electron chi connectivity index (χ1n) is 10.6. The largest absolute Gasteiger partial charge is 0.490 e. The van der Waals surface area contributed by atoms with Crippen molar-refractivity contribution in [1.82, 2.24) is 4.98 Å². The number of methoxy groups -OCH3 is 1. The SMILES string of the molecule is COC(=O)[C@@H](OC(C)(C)C)c1c(C)nc(C(=O)C=[N+]=[N-])c(C)c1-c1ccc2c(c1)NCCO2. The second-order valence-corrected chi connectivity index (χ2v) is 8.69. The first-order valence-corrected chi connectivity index (χ1v) is 10.6. The van der Waals surface area contributed by atoms with Gasteiger partial charge >= 0.3 is 12.2 Å². The molecule has 0 radical (unpaired) electrons. The van der Waals surface area contributed by atoms with Crippen LogP contribution in [-0.2, 0) is 14.3 Å². The number of carbonyl (C=O) groups excluding carboxylic acids is 2. The number of aromatic nitrogens is 1. The van der Waals surface area contributed by atoms with Crippen LogP contribution < -0.4 is 10.1 Å². The van der Waals surface area contributed by atoms with Gasteiger partial charge in [-0.3, -0.25) is 4.79 Å². The van der Waals surface area contributed by atoms with Crippen LogP contribution in [0, 0.1) is 13.8 Å². The van der Waals surface area contributed by atoms with E-state index in [0.717, 1.165) is 17.5 Å². The molecule has 0 aliphatic carbocycles. The van der Waals surface area contributed by atoms with Gasteiger partial charge < -0.3 is 25.1 Å². The maximum atomic E-state index is 12.9. The van der Waals surface area contributed by atoms with Gasteiger partial charge in [-0.2, -0.15) is 4.79 Å². The number of esters is 1. The molecule has 33 heavy (non-hydrogen) atoms. The van der Waals surface area contributed by atoms with Crippen molar-refractivity contribution in [2.75, 3.05) is 25.6 Å². The van der Waals surface area contributed by atoms with Crippen LogP contribution in [0.15, 0.2) is 18.2 Å². The molecule has 9 nitrogen and oxygen atoms in total. The van der Waals surface area contributed by atoms with Gasteiger partial charge in [0.1, 0.15) is 18.1 Å². The zero-order valence-electron chi connectivity index (χ0n) is 19.7. The Morgan fingerprint density at radius 3 is 2.67 bits per heavy atom. The molecule has 1 aromatic heterocycles. The number of nitrogens with one attached hydrogen (secondary N) is 1. The molecule has 2 aromatic rings. The fraction of sp³-hybridized carbons (Fsp3) is 0.417. The highest BCUT2D eigenvalue weighted by Crippen LogP contribution is 2.41. The van der Waals surface area contributed by atoms with E-state index in [1.807, 2.05) is 39.0 Å². The molecule has 0 spiro atoms. The molecule has 0 saturated carbocycles. The summed E-state index contributed by atoms with van der Waals surface area (Å²) in [4.78, 5) is 32.8. The monoisotopic (exact) mass is 452 g/mol. The smallest absolute Gasteiger partial charge is 0.339 e. The molecular weight excluding hydrogens is 424 g/mol. The molecule has 1 N–H and O–H groups in total. The number of hydrogen-bond donors (Lipinski definition) is 1. The molecule has 0 amide bonds. The number of pyridine rings is 1. The van der Waals surface area contributed by atoms with Gasteiger partial charge in [-0.05, 0) is 63.4 Å². The van der Waals surface area contributed by atoms with Crippen LogP contribution in [0.25, 0.3) is 16.7 Å². The van der Waals surface area contributed by atoms with Gasteiger partial charge in [0.2, 0.25) is 0 Å². The number of nitrogens with zero attached hydrogens (tertiary/aromatic N) is 3. The van der Waals surface area contributed by atoms with Crippen molar-refractivity contribution in [3.8, 4) is 16.9 Å².